The molecule has 0 saturated heterocycles. The molecule has 4 nitrogen and oxygen atoms in total. The largest absolute Gasteiger partial charge is 0.463 e. The maximum atomic E-state index is 12.3. The minimum Gasteiger partial charge on any atom is -0.463 e. The summed E-state index contributed by atoms with van der Waals surface area (Å²) in [5.41, 5.74) is 2.01. The number of furan rings is 1. The third-order valence-electron chi connectivity index (χ3n) is 2.99. The summed E-state index contributed by atoms with van der Waals surface area (Å²) < 4.78 is 6.27. The molecule has 1 aromatic carbocycles. The fourth-order valence-electron chi connectivity index (χ4n) is 1.95. The maximum Gasteiger partial charge on any atom is 0.260 e. The number of aryl methyl sites for hydroxylation is 1. The van der Waals surface area contributed by atoms with Gasteiger partial charge in [-0.2, -0.15) is 0 Å². The van der Waals surface area contributed by atoms with Crippen molar-refractivity contribution in [2.75, 3.05) is 5.32 Å². The van der Waals surface area contributed by atoms with Gasteiger partial charge in [-0.15, -0.1) is 0 Å². The van der Waals surface area contributed by atoms with Crippen LogP contribution in [0.3, 0.4) is 0 Å². The first-order valence-corrected chi connectivity index (χ1v) is 6.85. The van der Waals surface area contributed by atoms with Crippen LogP contribution >= 0.6 is 15.9 Å². The number of pyridine rings is 1. The van der Waals surface area contributed by atoms with Gasteiger partial charge in [-0.05, 0) is 41.1 Å². The Morgan fingerprint density at radius 1 is 1.25 bits per heavy atom. The van der Waals surface area contributed by atoms with Crippen LogP contribution in [0, 0.1) is 6.92 Å². The Labute approximate surface area is 123 Å². The van der Waals surface area contributed by atoms with E-state index in [9.17, 15) is 4.79 Å². The number of aromatic nitrogens is 1. The molecule has 5 heteroatoms. The van der Waals surface area contributed by atoms with E-state index in [4.69, 9.17) is 4.42 Å². The molecule has 2 heterocycles. The van der Waals surface area contributed by atoms with Gasteiger partial charge in [-0.1, -0.05) is 18.2 Å². The van der Waals surface area contributed by atoms with Crippen LogP contribution in [-0.2, 0) is 0 Å². The molecule has 2 aromatic heterocycles. The highest BCUT2D eigenvalue weighted by Gasteiger charge is 2.14. The zero-order chi connectivity index (χ0) is 14.1. The number of rotatable bonds is 2. The van der Waals surface area contributed by atoms with E-state index in [0.717, 1.165) is 15.6 Å². The van der Waals surface area contributed by atoms with E-state index >= 15 is 0 Å². The van der Waals surface area contributed by atoms with E-state index in [0.29, 0.717) is 17.0 Å². The molecule has 3 aromatic rings. The molecular weight excluding hydrogens is 320 g/mol. The monoisotopic (exact) mass is 330 g/mol. The van der Waals surface area contributed by atoms with Crippen LogP contribution in [0.4, 0.5) is 5.82 Å². The lowest BCUT2D eigenvalue weighted by molar-refractivity contribution is 0.102. The van der Waals surface area contributed by atoms with Crippen molar-refractivity contribution >= 4 is 38.6 Å². The molecule has 1 amide bonds. The predicted molar refractivity (Wildman–Crippen MR) is 80.8 cm³/mol. The van der Waals surface area contributed by atoms with Gasteiger partial charge in [0, 0.05) is 9.86 Å². The molecule has 0 bridgehead atoms. The Hall–Kier alpha value is -2.14. The second-order valence-electron chi connectivity index (χ2n) is 4.36. The minimum atomic E-state index is -0.232. The second kappa shape index (κ2) is 5.09. The predicted octanol–water partition coefficient (Wildman–Crippen LogP) is 4.15. The number of nitrogens with one attached hydrogen (secondary N) is 1. The van der Waals surface area contributed by atoms with Crippen molar-refractivity contribution in [2.24, 2.45) is 0 Å². The lowest BCUT2D eigenvalue weighted by Gasteiger charge is -2.05. The first-order valence-electron chi connectivity index (χ1n) is 6.06. The minimum absolute atomic E-state index is 0.232. The molecule has 1 N–H and O–H groups in total. The van der Waals surface area contributed by atoms with E-state index in [2.05, 4.69) is 26.2 Å². The van der Waals surface area contributed by atoms with Crippen LogP contribution in [0.5, 0.6) is 0 Å². The molecule has 3 rings (SSSR count). The van der Waals surface area contributed by atoms with Crippen LogP contribution in [0.25, 0.3) is 11.0 Å². The molecular formula is C15H11BrN2O2. The fraction of sp³-hybridized carbons (Fsp3) is 0.0667. The van der Waals surface area contributed by atoms with Crippen LogP contribution in [0.1, 0.15) is 16.1 Å². The summed E-state index contributed by atoms with van der Waals surface area (Å²) in [5, 5.41) is 3.56. The quantitative estimate of drug-likeness (QED) is 0.767. The number of halogens is 1. The van der Waals surface area contributed by atoms with Gasteiger partial charge in [0.15, 0.2) is 0 Å². The standard InChI is InChI=1S/C15H11BrN2O2/c1-9-12(16)6-7-14(17-9)18-15(19)11-8-20-13-5-3-2-4-10(11)13/h2-8H,1H3,(H,17,18,19). The number of para-hydroxylation sites is 1. The third kappa shape index (κ3) is 2.32. The van der Waals surface area contributed by atoms with Crippen LogP contribution in [0.2, 0.25) is 0 Å². The molecule has 0 unspecified atom stereocenters. The second-order valence-corrected chi connectivity index (χ2v) is 5.22. The van der Waals surface area contributed by atoms with Gasteiger partial charge >= 0.3 is 0 Å². The Morgan fingerprint density at radius 3 is 2.85 bits per heavy atom. The van der Waals surface area contributed by atoms with Gasteiger partial charge in [0.1, 0.15) is 17.7 Å². The number of carbonyl (C=O) groups excluding carboxylic acids is 1. The normalized spacial score (nSPS) is 10.7. The molecule has 0 aliphatic heterocycles. The van der Waals surface area contributed by atoms with Gasteiger partial charge in [0.2, 0.25) is 0 Å². The van der Waals surface area contributed by atoms with Crippen molar-refractivity contribution in [1.82, 2.24) is 4.98 Å². The summed E-state index contributed by atoms with van der Waals surface area (Å²) in [6, 6.07) is 11.0. The highest BCUT2D eigenvalue weighted by Crippen LogP contribution is 2.22. The molecule has 20 heavy (non-hydrogen) atoms. The highest BCUT2D eigenvalue weighted by atomic mass is 79.9. The highest BCUT2D eigenvalue weighted by molar-refractivity contribution is 9.10. The first-order chi connectivity index (χ1) is 9.65. The van der Waals surface area contributed by atoms with E-state index in [1.54, 1.807) is 6.07 Å². The number of fused-ring (bicyclic) bond motifs is 1. The van der Waals surface area contributed by atoms with Crippen molar-refractivity contribution in [1.29, 1.82) is 0 Å². The lowest BCUT2D eigenvalue weighted by atomic mass is 10.1. The number of nitrogens with zero attached hydrogens (tertiary/aromatic N) is 1. The third-order valence-corrected chi connectivity index (χ3v) is 3.83. The zero-order valence-electron chi connectivity index (χ0n) is 10.7. The van der Waals surface area contributed by atoms with Crippen molar-refractivity contribution in [3.05, 3.63) is 58.4 Å². The number of carbonyl (C=O) groups is 1. The molecule has 0 atom stereocenters. The Kier molecular flexibility index (Phi) is 3.28. The molecule has 0 radical (unpaired) electrons. The number of amides is 1. The van der Waals surface area contributed by atoms with Crippen LogP contribution in [-0.4, -0.2) is 10.9 Å². The SMILES string of the molecule is Cc1nc(NC(=O)c2coc3ccccc23)ccc1Br. The molecule has 0 spiro atoms. The van der Waals surface area contributed by atoms with Crippen molar-refractivity contribution in [3.63, 3.8) is 0 Å². The average Bonchev–Trinajstić information content (AvgIpc) is 2.87. The lowest BCUT2D eigenvalue weighted by Crippen LogP contribution is -2.12. The van der Waals surface area contributed by atoms with Crippen molar-refractivity contribution in [3.8, 4) is 0 Å². The Morgan fingerprint density at radius 2 is 2.05 bits per heavy atom. The molecule has 100 valence electrons. The van der Waals surface area contributed by atoms with Gasteiger partial charge in [0.05, 0.1) is 11.3 Å². The van der Waals surface area contributed by atoms with E-state index in [1.807, 2.05) is 37.3 Å². The summed E-state index contributed by atoms with van der Waals surface area (Å²) in [6.45, 7) is 1.87. The Balaban J connectivity index is 1.91. The van der Waals surface area contributed by atoms with Crippen LogP contribution in [0.15, 0.2) is 51.6 Å². The zero-order valence-corrected chi connectivity index (χ0v) is 12.3. The van der Waals surface area contributed by atoms with Gasteiger partial charge in [-0.3, -0.25) is 4.79 Å². The van der Waals surface area contributed by atoms with Gasteiger partial charge in [0.25, 0.3) is 5.91 Å². The van der Waals surface area contributed by atoms with E-state index < -0.39 is 0 Å². The first kappa shape index (κ1) is 12.9. The van der Waals surface area contributed by atoms with Gasteiger partial charge in [-0.25, -0.2) is 4.98 Å². The number of anilines is 1. The fourth-order valence-corrected chi connectivity index (χ4v) is 2.17. The number of benzene rings is 1. The molecule has 0 fully saturated rings. The maximum absolute atomic E-state index is 12.3. The van der Waals surface area contributed by atoms with Crippen molar-refractivity contribution in [2.45, 2.75) is 6.92 Å². The summed E-state index contributed by atoms with van der Waals surface area (Å²) in [7, 11) is 0. The topological polar surface area (TPSA) is 55.1 Å². The summed E-state index contributed by atoms with van der Waals surface area (Å²) >= 11 is 3.38. The van der Waals surface area contributed by atoms with E-state index in [1.165, 1.54) is 6.26 Å². The summed E-state index contributed by atoms with van der Waals surface area (Å²) in [6.07, 6.45) is 1.46. The average molecular weight is 331 g/mol. The summed E-state index contributed by atoms with van der Waals surface area (Å²) in [5.74, 6) is 0.283. The molecule has 0 aliphatic carbocycles. The van der Waals surface area contributed by atoms with Crippen molar-refractivity contribution < 1.29 is 9.21 Å². The van der Waals surface area contributed by atoms with E-state index in [-0.39, 0.29) is 5.91 Å². The molecule has 0 saturated carbocycles. The van der Waals surface area contributed by atoms with Crippen LogP contribution < -0.4 is 5.32 Å². The number of hydrogen-bond donors (Lipinski definition) is 1. The Bertz CT molecular complexity index is 795. The van der Waals surface area contributed by atoms with Gasteiger partial charge < -0.3 is 9.73 Å². The smallest absolute Gasteiger partial charge is 0.260 e. The summed E-state index contributed by atoms with van der Waals surface area (Å²) in [4.78, 5) is 16.6. The molecule has 0 aliphatic rings. The number of hydrogen-bond acceptors (Lipinski definition) is 3.